The molecule has 4 aromatic rings. The fraction of sp³-hybridized carbons (Fsp3) is 0.200. The molecule has 1 aromatic heterocycles. The van der Waals surface area contributed by atoms with E-state index in [0.717, 1.165) is 6.07 Å². The molecule has 2 aliphatic heterocycles. The van der Waals surface area contributed by atoms with Crippen LogP contribution in [0.25, 0.3) is 11.0 Å². The van der Waals surface area contributed by atoms with Crippen LogP contribution in [0.5, 0.6) is 0 Å². The van der Waals surface area contributed by atoms with E-state index in [2.05, 4.69) is 0 Å². The third kappa shape index (κ3) is 4.21. The second-order valence-corrected chi connectivity index (χ2v) is 9.71. The normalized spacial score (nSPS) is 20.2. The zero-order valence-corrected chi connectivity index (χ0v) is 20.8. The fourth-order valence-corrected chi connectivity index (χ4v) is 5.75. The monoisotopic (exact) mass is 523 g/mol. The van der Waals surface area contributed by atoms with Crippen molar-refractivity contribution in [2.45, 2.75) is 31.0 Å². The highest BCUT2D eigenvalue weighted by Crippen LogP contribution is 2.38. The van der Waals surface area contributed by atoms with Crippen molar-refractivity contribution in [2.24, 2.45) is 0 Å². The van der Waals surface area contributed by atoms with Crippen molar-refractivity contribution in [3.63, 3.8) is 0 Å². The SMILES string of the molecule is O=C(O)[C@@H]1[C@H]2CC[C@@H](CN1C(=O)N(c1ccccc1)c1ccccc1)N2C(=O)c1cc(=O)c2ccccc2o1. The molecule has 39 heavy (non-hydrogen) atoms. The first-order valence-corrected chi connectivity index (χ1v) is 12.7. The third-order valence-corrected chi connectivity index (χ3v) is 7.45. The molecule has 2 bridgehead atoms. The molecule has 3 atom stereocenters. The Morgan fingerprint density at radius 2 is 1.46 bits per heavy atom. The number of piperazine rings is 1. The van der Waals surface area contributed by atoms with E-state index in [1.165, 1.54) is 14.7 Å². The number of amides is 3. The number of carboxylic acid groups (broad SMARTS) is 1. The van der Waals surface area contributed by atoms with Crippen molar-refractivity contribution >= 4 is 40.3 Å². The average Bonchev–Trinajstić information content (AvgIpc) is 3.25. The minimum absolute atomic E-state index is 0.0338. The molecule has 9 heteroatoms. The number of nitrogens with zero attached hydrogens (tertiary/aromatic N) is 3. The molecule has 0 radical (unpaired) electrons. The van der Waals surface area contributed by atoms with E-state index in [4.69, 9.17) is 4.42 Å². The molecule has 3 aromatic carbocycles. The van der Waals surface area contributed by atoms with Crippen LogP contribution < -0.4 is 10.3 Å². The van der Waals surface area contributed by atoms with Gasteiger partial charge in [-0.05, 0) is 49.2 Å². The van der Waals surface area contributed by atoms with Gasteiger partial charge in [-0.1, -0.05) is 48.5 Å². The number of carbonyl (C=O) groups excluding carboxylic acids is 2. The van der Waals surface area contributed by atoms with E-state index in [0.29, 0.717) is 29.6 Å². The number of carbonyl (C=O) groups is 3. The number of benzene rings is 3. The average molecular weight is 524 g/mol. The number of aliphatic carboxylic acids is 1. The van der Waals surface area contributed by atoms with E-state index in [1.807, 2.05) is 36.4 Å². The predicted molar refractivity (Wildman–Crippen MR) is 144 cm³/mol. The van der Waals surface area contributed by atoms with Crippen LogP contribution in [0.2, 0.25) is 0 Å². The summed E-state index contributed by atoms with van der Waals surface area (Å²) in [7, 11) is 0. The van der Waals surface area contributed by atoms with Crippen LogP contribution in [0.1, 0.15) is 23.4 Å². The van der Waals surface area contributed by atoms with E-state index >= 15 is 0 Å². The van der Waals surface area contributed by atoms with E-state index < -0.39 is 36.0 Å². The topological polar surface area (TPSA) is 111 Å². The van der Waals surface area contributed by atoms with Gasteiger partial charge in [0.05, 0.1) is 28.8 Å². The van der Waals surface area contributed by atoms with Gasteiger partial charge >= 0.3 is 12.0 Å². The number of rotatable bonds is 4. The first-order chi connectivity index (χ1) is 18.9. The number of likely N-dealkylation sites (tertiary alicyclic amines) is 1. The molecule has 6 rings (SSSR count). The quantitative estimate of drug-likeness (QED) is 0.422. The number of hydrogen-bond donors (Lipinski definition) is 1. The molecule has 2 aliphatic rings. The van der Waals surface area contributed by atoms with Crippen LogP contribution >= 0.6 is 0 Å². The van der Waals surface area contributed by atoms with Crippen LogP contribution in [0.3, 0.4) is 0 Å². The van der Waals surface area contributed by atoms with Crippen LogP contribution in [-0.2, 0) is 4.79 Å². The Morgan fingerprint density at radius 1 is 0.846 bits per heavy atom. The van der Waals surface area contributed by atoms with Gasteiger partial charge in [-0.2, -0.15) is 0 Å². The lowest BCUT2D eigenvalue weighted by atomic mass is 10.0. The maximum Gasteiger partial charge on any atom is 0.329 e. The molecule has 9 nitrogen and oxygen atoms in total. The van der Waals surface area contributed by atoms with E-state index in [-0.39, 0.29) is 23.3 Å². The summed E-state index contributed by atoms with van der Waals surface area (Å²) >= 11 is 0. The molecular formula is C30H25N3O6. The molecule has 2 saturated heterocycles. The summed E-state index contributed by atoms with van der Waals surface area (Å²) in [5, 5.41) is 10.7. The van der Waals surface area contributed by atoms with Crippen molar-refractivity contribution in [3.8, 4) is 0 Å². The van der Waals surface area contributed by atoms with Gasteiger partial charge in [0.25, 0.3) is 5.91 Å². The van der Waals surface area contributed by atoms with Crippen LogP contribution in [0, 0.1) is 0 Å². The summed E-state index contributed by atoms with van der Waals surface area (Å²) in [6, 6.07) is 22.9. The van der Waals surface area contributed by atoms with Crippen molar-refractivity contribution < 1.29 is 23.9 Å². The lowest BCUT2D eigenvalue weighted by Crippen LogP contribution is -2.66. The van der Waals surface area contributed by atoms with Crippen molar-refractivity contribution in [2.75, 3.05) is 11.4 Å². The van der Waals surface area contributed by atoms with Gasteiger partial charge in [-0.25, -0.2) is 9.59 Å². The van der Waals surface area contributed by atoms with Gasteiger partial charge in [0.2, 0.25) is 0 Å². The van der Waals surface area contributed by atoms with Crippen LogP contribution in [-0.4, -0.2) is 57.5 Å². The van der Waals surface area contributed by atoms with Gasteiger partial charge in [0.1, 0.15) is 5.58 Å². The highest BCUT2D eigenvalue weighted by Gasteiger charge is 2.54. The van der Waals surface area contributed by atoms with Crippen LogP contribution in [0.15, 0.2) is 100 Å². The van der Waals surface area contributed by atoms with E-state index in [1.54, 1.807) is 48.5 Å². The predicted octanol–water partition coefficient (Wildman–Crippen LogP) is 4.49. The second kappa shape index (κ2) is 9.75. The Morgan fingerprint density at radius 3 is 2.10 bits per heavy atom. The zero-order chi connectivity index (χ0) is 27.1. The minimum atomic E-state index is -1.28. The molecule has 0 spiro atoms. The lowest BCUT2D eigenvalue weighted by Gasteiger charge is -2.46. The molecular weight excluding hydrogens is 498 g/mol. The Kier molecular flexibility index (Phi) is 6.11. The summed E-state index contributed by atoms with van der Waals surface area (Å²) in [6.07, 6.45) is 0.935. The Hall–Kier alpha value is -4.92. The highest BCUT2D eigenvalue weighted by atomic mass is 16.4. The molecule has 0 saturated carbocycles. The van der Waals surface area contributed by atoms with Gasteiger partial charge in [-0.3, -0.25) is 14.5 Å². The van der Waals surface area contributed by atoms with Gasteiger partial charge in [0.15, 0.2) is 17.2 Å². The number of para-hydroxylation sites is 3. The van der Waals surface area contributed by atoms with Crippen molar-refractivity contribution in [1.29, 1.82) is 0 Å². The maximum absolute atomic E-state index is 14.1. The molecule has 3 heterocycles. The minimum Gasteiger partial charge on any atom is -0.480 e. The van der Waals surface area contributed by atoms with Crippen molar-refractivity contribution in [1.82, 2.24) is 9.80 Å². The summed E-state index contributed by atoms with van der Waals surface area (Å²) in [5.74, 6) is -1.89. The Labute approximate surface area is 223 Å². The van der Waals surface area contributed by atoms with Gasteiger partial charge < -0.3 is 19.3 Å². The molecule has 0 unspecified atom stereocenters. The first kappa shape index (κ1) is 24.4. The summed E-state index contributed by atoms with van der Waals surface area (Å²) < 4.78 is 5.78. The molecule has 2 fully saturated rings. The maximum atomic E-state index is 14.1. The molecule has 0 aliphatic carbocycles. The van der Waals surface area contributed by atoms with Gasteiger partial charge in [-0.15, -0.1) is 0 Å². The molecule has 1 N–H and O–H groups in total. The smallest absolute Gasteiger partial charge is 0.329 e. The second-order valence-electron chi connectivity index (χ2n) is 9.71. The highest BCUT2D eigenvalue weighted by molar-refractivity contribution is 6.02. The standard InChI is InChI=1S/C30H25N3O6/c34-24-17-26(39-25-14-8-7-13-22(24)25)28(35)33-21-15-16-23(33)27(29(36)37)31(18-21)30(38)32(19-9-3-1-4-10-19)20-11-5-2-6-12-20/h1-14,17,21,23,27H,15-16,18H2,(H,36,37)/t21-,23+,27-/m0/s1. The molecule has 196 valence electrons. The molecule has 3 amide bonds. The van der Waals surface area contributed by atoms with Crippen LogP contribution in [0.4, 0.5) is 16.2 Å². The first-order valence-electron chi connectivity index (χ1n) is 12.7. The summed E-state index contributed by atoms with van der Waals surface area (Å²) in [6.45, 7) is 0.0338. The lowest BCUT2D eigenvalue weighted by molar-refractivity contribution is -0.145. The summed E-state index contributed by atoms with van der Waals surface area (Å²) in [4.78, 5) is 57.4. The zero-order valence-electron chi connectivity index (χ0n) is 20.8. The van der Waals surface area contributed by atoms with E-state index in [9.17, 15) is 24.3 Å². The third-order valence-electron chi connectivity index (χ3n) is 7.45. The largest absolute Gasteiger partial charge is 0.480 e. The number of carboxylic acids is 1. The van der Waals surface area contributed by atoms with Gasteiger partial charge in [0, 0.05) is 12.6 Å². The fourth-order valence-electron chi connectivity index (χ4n) is 5.75. The summed E-state index contributed by atoms with van der Waals surface area (Å²) in [5.41, 5.74) is 1.13. The number of anilines is 2. The Bertz CT molecular complexity index is 1580. The van der Waals surface area contributed by atoms with Crippen molar-refractivity contribution in [3.05, 3.63) is 107 Å². The Balaban J connectivity index is 1.36. The number of hydrogen-bond acceptors (Lipinski definition) is 5. The number of fused-ring (bicyclic) bond motifs is 3. The number of urea groups is 1.